The van der Waals surface area contributed by atoms with Crippen molar-refractivity contribution >= 4 is 17.5 Å². The van der Waals surface area contributed by atoms with E-state index in [1.807, 2.05) is 12.1 Å². The van der Waals surface area contributed by atoms with E-state index < -0.39 is 11.8 Å². The van der Waals surface area contributed by atoms with E-state index in [0.717, 1.165) is 57.7 Å². The molecule has 1 heterocycles. The molecule has 136 valence electrons. The summed E-state index contributed by atoms with van der Waals surface area (Å²) in [6.45, 7) is 5.08. The smallest absolute Gasteiger partial charge is 0.309 e. The molecule has 0 spiro atoms. The van der Waals surface area contributed by atoms with Gasteiger partial charge in [0.1, 0.15) is 5.82 Å². The maximum Gasteiger partial charge on any atom is 0.309 e. The summed E-state index contributed by atoms with van der Waals surface area (Å²) in [6, 6.07) is 6.81. The highest BCUT2D eigenvalue weighted by atomic mass is 19.1. The number of carbonyl (C=O) groups excluding carboxylic acids is 2. The molecule has 1 aromatic carbocycles. The van der Waals surface area contributed by atoms with Crippen LogP contribution < -0.4 is 15.5 Å². The lowest BCUT2D eigenvalue weighted by Crippen LogP contribution is -2.47. The summed E-state index contributed by atoms with van der Waals surface area (Å²) in [5.41, 5.74) is 1.05. The second kappa shape index (κ2) is 8.29. The van der Waals surface area contributed by atoms with Gasteiger partial charge in [0.2, 0.25) is 0 Å². The van der Waals surface area contributed by atoms with Crippen molar-refractivity contribution in [2.24, 2.45) is 0 Å². The molecule has 0 atom stereocenters. The van der Waals surface area contributed by atoms with Crippen molar-refractivity contribution in [3.05, 3.63) is 30.1 Å². The molecule has 0 bridgehead atoms. The van der Waals surface area contributed by atoms with E-state index in [1.54, 1.807) is 0 Å². The molecule has 1 aromatic rings. The lowest BCUT2D eigenvalue weighted by Gasteiger charge is -2.36. The van der Waals surface area contributed by atoms with Crippen LogP contribution >= 0.6 is 0 Å². The Hall–Kier alpha value is -2.15. The zero-order chi connectivity index (χ0) is 17.6. The fourth-order valence-corrected chi connectivity index (χ4v) is 2.95. The second-order valence-electron chi connectivity index (χ2n) is 6.66. The van der Waals surface area contributed by atoms with Crippen LogP contribution in [0, 0.1) is 5.82 Å². The number of halogens is 1. The number of amides is 2. The van der Waals surface area contributed by atoms with Crippen LogP contribution in [-0.4, -0.2) is 62.0 Å². The van der Waals surface area contributed by atoms with Gasteiger partial charge in [-0.3, -0.25) is 14.5 Å². The van der Waals surface area contributed by atoms with Crippen molar-refractivity contribution in [2.45, 2.75) is 25.3 Å². The van der Waals surface area contributed by atoms with Gasteiger partial charge >= 0.3 is 11.8 Å². The Morgan fingerprint density at radius 1 is 1.04 bits per heavy atom. The molecule has 7 heteroatoms. The first-order valence-corrected chi connectivity index (χ1v) is 8.93. The van der Waals surface area contributed by atoms with Crippen molar-refractivity contribution in [1.29, 1.82) is 0 Å². The number of anilines is 1. The number of hydrogen-bond acceptors (Lipinski definition) is 4. The fourth-order valence-electron chi connectivity index (χ4n) is 2.95. The minimum atomic E-state index is -0.534. The zero-order valence-corrected chi connectivity index (χ0v) is 14.3. The van der Waals surface area contributed by atoms with Gasteiger partial charge < -0.3 is 15.5 Å². The Kier molecular flexibility index (Phi) is 5.86. The van der Waals surface area contributed by atoms with Gasteiger partial charge in [-0.15, -0.1) is 0 Å². The Bertz CT molecular complexity index is 596. The summed E-state index contributed by atoms with van der Waals surface area (Å²) in [4.78, 5) is 27.7. The molecule has 6 nitrogen and oxygen atoms in total. The average Bonchev–Trinajstić information content (AvgIpc) is 3.44. The highest BCUT2D eigenvalue weighted by Gasteiger charge is 2.26. The number of carbonyl (C=O) groups is 2. The number of rotatable bonds is 6. The average molecular weight is 348 g/mol. The van der Waals surface area contributed by atoms with Crippen LogP contribution in [0.3, 0.4) is 0 Å². The van der Waals surface area contributed by atoms with Gasteiger partial charge in [-0.1, -0.05) is 0 Å². The maximum atomic E-state index is 13.0. The SMILES string of the molecule is O=C(NCCCN1CCN(c2ccc(F)cc2)CC1)C(=O)NC1CC1. The largest absolute Gasteiger partial charge is 0.369 e. The predicted molar refractivity (Wildman–Crippen MR) is 93.8 cm³/mol. The summed E-state index contributed by atoms with van der Waals surface area (Å²) < 4.78 is 13.0. The highest BCUT2D eigenvalue weighted by molar-refractivity contribution is 6.35. The van der Waals surface area contributed by atoms with Crippen molar-refractivity contribution < 1.29 is 14.0 Å². The zero-order valence-electron chi connectivity index (χ0n) is 14.3. The van der Waals surface area contributed by atoms with E-state index in [9.17, 15) is 14.0 Å². The Balaban J connectivity index is 1.29. The third kappa shape index (κ3) is 5.42. The Labute approximate surface area is 147 Å². The third-order valence-corrected chi connectivity index (χ3v) is 4.62. The number of nitrogens with zero attached hydrogens (tertiary/aromatic N) is 2. The molecule has 2 fully saturated rings. The lowest BCUT2D eigenvalue weighted by atomic mass is 10.2. The Morgan fingerprint density at radius 2 is 1.72 bits per heavy atom. The number of nitrogens with one attached hydrogen (secondary N) is 2. The van der Waals surface area contributed by atoms with Crippen molar-refractivity contribution in [2.75, 3.05) is 44.2 Å². The molecule has 2 amide bonds. The normalized spacial score (nSPS) is 18.0. The second-order valence-corrected chi connectivity index (χ2v) is 6.66. The molecule has 0 aromatic heterocycles. The lowest BCUT2D eigenvalue weighted by molar-refractivity contribution is -0.139. The molecular formula is C18H25FN4O2. The molecule has 3 rings (SSSR count). The van der Waals surface area contributed by atoms with E-state index in [-0.39, 0.29) is 11.9 Å². The first-order valence-electron chi connectivity index (χ1n) is 8.93. The van der Waals surface area contributed by atoms with Gasteiger partial charge in [0.15, 0.2) is 0 Å². The van der Waals surface area contributed by atoms with Gasteiger partial charge in [-0.2, -0.15) is 0 Å². The summed E-state index contributed by atoms with van der Waals surface area (Å²) in [6.07, 6.45) is 2.77. The summed E-state index contributed by atoms with van der Waals surface area (Å²) in [5.74, 6) is -1.27. The molecule has 1 saturated carbocycles. The van der Waals surface area contributed by atoms with Crippen LogP contribution in [0.2, 0.25) is 0 Å². The van der Waals surface area contributed by atoms with Crippen molar-refractivity contribution in [1.82, 2.24) is 15.5 Å². The molecule has 2 aliphatic rings. The summed E-state index contributed by atoms with van der Waals surface area (Å²) in [7, 11) is 0. The molecule has 1 aliphatic heterocycles. The molecule has 25 heavy (non-hydrogen) atoms. The van der Waals surface area contributed by atoms with Crippen LogP contribution in [0.5, 0.6) is 0 Å². The van der Waals surface area contributed by atoms with Crippen LogP contribution in [0.25, 0.3) is 0 Å². The Morgan fingerprint density at radius 3 is 2.36 bits per heavy atom. The fraction of sp³-hybridized carbons (Fsp3) is 0.556. The third-order valence-electron chi connectivity index (χ3n) is 4.62. The van der Waals surface area contributed by atoms with Gasteiger partial charge in [0.05, 0.1) is 0 Å². The van der Waals surface area contributed by atoms with Gasteiger partial charge in [-0.05, 0) is 50.1 Å². The molecular weight excluding hydrogens is 323 g/mol. The van der Waals surface area contributed by atoms with Crippen LogP contribution in [-0.2, 0) is 9.59 Å². The molecule has 0 radical (unpaired) electrons. The van der Waals surface area contributed by atoms with Crippen LogP contribution in [0.4, 0.5) is 10.1 Å². The summed E-state index contributed by atoms with van der Waals surface area (Å²) >= 11 is 0. The monoisotopic (exact) mass is 348 g/mol. The molecule has 2 N–H and O–H groups in total. The summed E-state index contributed by atoms with van der Waals surface area (Å²) in [5, 5.41) is 5.35. The van der Waals surface area contributed by atoms with E-state index in [2.05, 4.69) is 20.4 Å². The number of piperazine rings is 1. The van der Waals surface area contributed by atoms with Crippen LogP contribution in [0.1, 0.15) is 19.3 Å². The topological polar surface area (TPSA) is 64.7 Å². The first-order chi connectivity index (χ1) is 12.1. The maximum absolute atomic E-state index is 13.0. The minimum absolute atomic E-state index is 0.204. The molecule has 1 aliphatic carbocycles. The van der Waals surface area contributed by atoms with Crippen LogP contribution in [0.15, 0.2) is 24.3 Å². The standard InChI is InChI=1S/C18H25FN4O2/c19-14-2-6-16(7-3-14)23-12-10-22(11-13-23)9-1-8-20-17(24)18(25)21-15-4-5-15/h2-3,6-7,15H,1,4-5,8-13H2,(H,20,24)(H,21,25). The van der Waals surface area contributed by atoms with Crippen molar-refractivity contribution in [3.63, 3.8) is 0 Å². The molecule has 0 unspecified atom stereocenters. The first kappa shape index (κ1) is 17.7. The number of hydrogen-bond donors (Lipinski definition) is 2. The number of benzene rings is 1. The van der Waals surface area contributed by atoms with E-state index in [0.29, 0.717) is 6.54 Å². The van der Waals surface area contributed by atoms with E-state index >= 15 is 0 Å². The van der Waals surface area contributed by atoms with E-state index in [4.69, 9.17) is 0 Å². The van der Waals surface area contributed by atoms with Gasteiger partial charge in [0.25, 0.3) is 0 Å². The van der Waals surface area contributed by atoms with Gasteiger partial charge in [0, 0.05) is 44.5 Å². The quantitative estimate of drug-likeness (QED) is 0.588. The molecule has 1 saturated heterocycles. The highest BCUT2D eigenvalue weighted by Crippen LogP contribution is 2.18. The van der Waals surface area contributed by atoms with Crippen molar-refractivity contribution in [3.8, 4) is 0 Å². The minimum Gasteiger partial charge on any atom is -0.369 e. The van der Waals surface area contributed by atoms with Gasteiger partial charge in [-0.25, -0.2) is 4.39 Å². The van der Waals surface area contributed by atoms with E-state index in [1.165, 1.54) is 12.1 Å². The predicted octanol–water partition coefficient (Wildman–Crippen LogP) is 0.733.